The number of carbonyl (C=O) groups is 1. The Balaban J connectivity index is 1.80. The number of nitrogens with zero attached hydrogens (tertiary/aromatic N) is 3. The zero-order chi connectivity index (χ0) is 14.2. The maximum atomic E-state index is 12.1. The number of rotatable bonds is 7. The molecule has 0 spiro atoms. The van der Waals surface area contributed by atoms with Gasteiger partial charge in [-0.15, -0.1) is 0 Å². The van der Waals surface area contributed by atoms with Gasteiger partial charge >= 0.3 is 0 Å². The molecule has 20 heavy (non-hydrogen) atoms. The van der Waals surface area contributed by atoms with Crippen molar-refractivity contribution in [1.29, 1.82) is 0 Å². The molecule has 5 nitrogen and oxygen atoms in total. The van der Waals surface area contributed by atoms with Gasteiger partial charge in [0.2, 0.25) is 5.91 Å². The van der Waals surface area contributed by atoms with E-state index in [0.29, 0.717) is 12.8 Å². The highest BCUT2D eigenvalue weighted by molar-refractivity contribution is 5.76. The average Bonchev–Trinajstić information content (AvgIpc) is 3.00. The number of carbonyl (C=O) groups excluding carboxylic acids is 1. The molecule has 2 rings (SSSR count). The molecule has 0 saturated carbocycles. The molecule has 106 valence electrons. The molecule has 2 heterocycles. The number of amides is 1. The van der Waals surface area contributed by atoms with Crippen LogP contribution in [-0.2, 0) is 17.6 Å². The number of oxazole rings is 1. The Morgan fingerprint density at radius 3 is 2.75 bits per heavy atom. The smallest absolute Gasteiger partial charge is 0.222 e. The first kappa shape index (κ1) is 14.2. The first-order valence-corrected chi connectivity index (χ1v) is 6.83. The summed E-state index contributed by atoms with van der Waals surface area (Å²) in [6, 6.07) is 3.96. The molecular formula is C15H19N3O2. The number of aryl methyl sites for hydroxylation is 1. The van der Waals surface area contributed by atoms with Crippen molar-refractivity contribution < 1.29 is 9.21 Å². The van der Waals surface area contributed by atoms with E-state index in [0.717, 1.165) is 25.2 Å². The largest absolute Gasteiger partial charge is 0.451 e. The van der Waals surface area contributed by atoms with Crippen LogP contribution < -0.4 is 0 Å². The second-order valence-electron chi connectivity index (χ2n) is 4.56. The number of hydrogen-bond acceptors (Lipinski definition) is 4. The van der Waals surface area contributed by atoms with Crippen LogP contribution in [0.15, 0.2) is 41.6 Å². The SMILES string of the molecule is CCN(CCc1ccncc1)C(=O)CCc1cocn1. The van der Waals surface area contributed by atoms with E-state index in [1.54, 1.807) is 18.7 Å². The van der Waals surface area contributed by atoms with E-state index in [1.165, 1.54) is 12.0 Å². The molecule has 0 aliphatic rings. The Kier molecular flexibility index (Phi) is 5.29. The molecule has 0 saturated heterocycles. The molecule has 0 N–H and O–H groups in total. The van der Waals surface area contributed by atoms with E-state index >= 15 is 0 Å². The summed E-state index contributed by atoms with van der Waals surface area (Å²) >= 11 is 0. The second-order valence-corrected chi connectivity index (χ2v) is 4.56. The fraction of sp³-hybridized carbons (Fsp3) is 0.400. The van der Waals surface area contributed by atoms with Crippen molar-refractivity contribution in [2.45, 2.75) is 26.2 Å². The minimum atomic E-state index is 0.157. The van der Waals surface area contributed by atoms with Crippen LogP contribution in [0, 0.1) is 0 Å². The normalized spacial score (nSPS) is 10.4. The summed E-state index contributed by atoms with van der Waals surface area (Å²) in [5.41, 5.74) is 2.02. The lowest BCUT2D eigenvalue weighted by molar-refractivity contribution is -0.130. The minimum absolute atomic E-state index is 0.157. The van der Waals surface area contributed by atoms with E-state index in [9.17, 15) is 4.79 Å². The summed E-state index contributed by atoms with van der Waals surface area (Å²) < 4.78 is 4.90. The van der Waals surface area contributed by atoms with Gasteiger partial charge in [0.25, 0.3) is 0 Å². The van der Waals surface area contributed by atoms with Crippen molar-refractivity contribution in [2.75, 3.05) is 13.1 Å². The second kappa shape index (κ2) is 7.43. The molecule has 1 amide bonds. The first-order chi connectivity index (χ1) is 9.79. The number of hydrogen-bond donors (Lipinski definition) is 0. The van der Waals surface area contributed by atoms with Crippen molar-refractivity contribution >= 4 is 5.91 Å². The van der Waals surface area contributed by atoms with Crippen molar-refractivity contribution in [3.05, 3.63) is 48.4 Å². The maximum absolute atomic E-state index is 12.1. The molecule has 0 aromatic carbocycles. The van der Waals surface area contributed by atoms with Crippen LogP contribution in [0.1, 0.15) is 24.6 Å². The van der Waals surface area contributed by atoms with E-state index < -0.39 is 0 Å². The Labute approximate surface area is 118 Å². The summed E-state index contributed by atoms with van der Waals surface area (Å²) in [6.07, 6.45) is 8.47. The summed E-state index contributed by atoms with van der Waals surface area (Å²) in [4.78, 5) is 22.0. The number of likely N-dealkylation sites (N-methyl/N-ethyl adjacent to an activating group) is 1. The predicted molar refractivity (Wildman–Crippen MR) is 75.0 cm³/mol. The highest BCUT2D eigenvalue weighted by Gasteiger charge is 2.12. The highest BCUT2D eigenvalue weighted by Crippen LogP contribution is 2.05. The first-order valence-electron chi connectivity index (χ1n) is 6.83. The number of aromatic nitrogens is 2. The Morgan fingerprint density at radius 1 is 1.30 bits per heavy atom. The van der Waals surface area contributed by atoms with Crippen molar-refractivity contribution in [1.82, 2.24) is 14.9 Å². The van der Waals surface area contributed by atoms with Crippen LogP contribution in [-0.4, -0.2) is 33.9 Å². The molecular weight excluding hydrogens is 254 g/mol. The van der Waals surface area contributed by atoms with Crippen molar-refractivity contribution in [2.24, 2.45) is 0 Å². The summed E-state index contributed by atoms with van der Waals surface area (Å²) in [5.74, 6) is 0.157. The zero-order valence-electron chi connectivity index (χ0n) is 11.7. The van der Waals surface area contributed by atoms with Crippen LogP contribution in [0.5, 0.6) is 0 Å². The van der Waals surface area contributed by atoms with Gasteiger partial charge in [0.05, 0.1) is 5.69 Å². The van der Waals surface area contributed by atoms with Gasteiger partial charge < -0.3 is 9.32 Å². The lowest BCUT2D eigenvalue weighted by atomic mass is 10.1. The predicted octanol–water partition coefficient (Wildman–Crippen LogP) is 2.09. The van der Waals surface area contributed by atoms with Gasteiger partial charge in [0.15, 0.2) is 6.39 Å². The topological polar surface area (TPSA) is 59.2 Å². The third kappa shape index (κ3) is 4.19. The standard InChI is InChI=1S/C15H19N3O2/c1-2-18(10-7-13-5-8-16-9-6-13)15(19)4-3-14-11-20-12-17-14/h5-6,8-9,11-12H,2-4,7,10H2,1H3. The summed E-state index contributed by atoms with van der Waals surface area (Å²) in [5, 5.41) is 0. The summed E-state index contributed by atoms with van der Waals surface area (Å²) in [6.45, 7) is 3.46. The third-order valence-corrected chi connectivity index (χ3v) is 3.23. The minimum Gasteiger partial charge on any atom is -0.451 e. The van der Waals surface area contributed by atoms with Crippen LogP contribution in [0.2, 0.25) is 0 Å². The van der Waals surface area contributed by atoms with Crippen LogP contribution in [0.25, 0.3) is 0 Å². The van der Waals surface area contributed by atoms with Crippen LogP contribution in [0.4, 0.5) is 0 Å². The quantitative estimate of drug-likeness (QED) is 0.775. The molecule has 0 aliphatic carbocycles. The maximum Gasteiger partial charge on any atom is 0.222 e. The molecule has 0 fully saturated rings. The molecule has 0 unspecified atom stereocenters. The third-order valence-electron chi connectivity index (χ3n) is 3.23. The van der Waals surface area contributed by atoms with Gasteiger partial charge in [-0.1, -0.05) is 0 Å². The lowest BCUT2D eigenvalue weighted by Gasteiger charge is -2.20. The van der Waals surface area contributed by atoms with Crippen molar-refractivity contribution in [3.8, 4) is 0 Å². The molecule has 2 aromatic heterocycles. The van der Waals surface area contributed by atoms with E-state index in [1.807, 2.05) is 24.0 Å². The summed E-state index contributed by atoms with van der Waals surface area (Å²) in [7, 11) is 0. The Morgan fingerprint density at radius 2 is 2.10 bits per heavy atom. The zero-order valence-corrected chi connectivity index (χ0v) is 11.7. The molecule has 2 aromatic rings. The van der Waals surface area contributed by atoms with E-state index in [-0.39, 0.29) is 5.91 Å². The van der Waals surface area contributed by atoms with Gasteiger partial charge in [-0.2, -0.15) is 0 Å². The molecule has 5 heteroatoms. The van der Waals surface area contributed by atoms with E-state index in [4.69, 9.17) is 4.42 Å². The van der Waals surface area contributed by atoms with Gasteiger partial charge in [-0.05, 0) is 31.0 Å². The molecule has 0 radical (unpaired) electrons. The fourth-order valence-electron chi connectivity index (χ4n) is 2.03. The van der Waals surface area contributed by atoms with E-state index in [2.05, 4.69) is 9.97 Å². The van der Waals surface area contributed by atoms with Crippen molar-refractivity contribution in [3.63, 3.8) is 0 Å². The number of pyridine rings is 1. The van der Waals surface area contributed by atoms with Crippen LogP contribution in [0.3, 0.4) is 0 Å². The van der Waals surface area contributed by atoms with Gasteiger partial charge in [-0.25, -0.2) is 4.98 Å². The molecule has 0 bridgehead atoms. The van der Waals surface area contributed by atoms with Gasteiger partial charge in [0, 0.05) is 38.3 Å². The van der Waals surface area contributed by atoms with Gasteiger partial charge in [0.1, 0.15) is 6.26 Å². The Bertz CT molecular complexity index is 511. The molecule has 0 atom stereocenters. The van der Waals surface area contributed by atoms with Gasteiger partial charge in [-0.3, -0.25) is 9.78 Å². The van der Waals surface area contributed by atoms with Crippen LogP contribution >= 0.6 is 0 Å². The fourth-order valence-corrected chi connectivity index (χ4v) is 2.03. The lowest BCUT2D eigenvalue weighted by Crippen LogP contribution is -2.32. The Hall–Kier alpha value is -2.17. The highest BCUT2D eigenvalue weighted by atomic mass is 16.3. The monoisotopic (exact) mass is 273 g/mol. The average molecular weight is 273 g/mol. The molecule has 0 aliphatic heterocycles.